The van der Waals surface area contributed by atoms with E-state index in [0.29, 0.717) is 36.6 Å². The Morgan fingerprint density at radius 1 is 1.15 bits per heavy atom. The van der Waals surface area contributed by atoms with Gasteiger partial charge in [-0.3, -0.25) is 4.79 Å². The molecule has 5 nitrogen and oxygen atoms in total. The standard InChI is InChI=1S/C22H35NO4/c1-4-16(20(25)26)27-18-8-6-14-13-5-7-17-21(2,12-10-19(24)23-17)15(13)9-11-22(14,18)3/h13-18H,4-12H2,1-3H3,(H,23,24)(H,25,26)/t13?,14?,15?,16?,17-,18+,21-,22+/m1/s1. The number of hydrogen-bond acceptors (Lipinski definition) is 3. The Kier molecular flexibility index (Phi) is 4.81. The first kappa shape index (κ1) is 19.2. The van der Waals surface area contributed by atoms with Crippen LogP contribution in [0.4, 0.5) is 0 Å². The van der Waals surface area contributed by atoms with Gasteiger partial charge in [0.1, 0.15) is 0 Å². The van der Waals surface area contributed by atoms with E-state index >= 15 is 0 Å². The van der Waals surface area contributed by atoms with Crippen molar-refractivity contribution >= 4 is 11.9 Å². The molecular weight excluding hydrogens is 342 g/mol. The average Bonchev–Trinajstić information content (AvgIpc) is 2.96. The van der Waals surface area contributed by atoms with E-state index in [0.717, 1.165) is 32.1 Å². The number of carboxylic acid groups (broad SMARTS) is 1. The average molecular weight is 378 g/mol. The molecule has 4 rings (SSSR count). The molecule has 0 aromatic carbocycles. The van der Waals surface area contributed by atoms with Crippen LogP contribution in [0.3, 0.4) is 0 Å². The minimum Gasteiger partial charge on any atom is -0.479 e. The molecular formula is C22H35NO4. The number of amides is 1. The first-order chi connectivity index (χ1) is 12.8. The number of fused-ring (bicyclic) bond motifs is 5. The Morgan fingerprint density at radius 3 is 2.59 bits per heavy atom. The van der Waals surface area contributed by atoms with Crippen LogP contribution in [-0.2, 0) is 14.3 Å². The van der Waals surface area contributed by atoms with Gasteiger partial charge in [-0.1, -0.05) is 20.8 Å². The van der Waals surface area contributed by atoms with E-state index in [1.54, 1.807) is 0 Å². The molecule has 0 bridgehead atoms. The van der Waals surface area contributed by atoms with E-state index in [-0.39, 0.29) is 22.8 Å². The minimum atomic E-state index is -0.829. The molecule has 27 heavy (non-hydrogen) atoms. The summed E-state index contributed by atoms with van der Waals surface area (Å²) >= 11 is 0. The van der Waals surface area contributed by atoms with Gasteiger partial charge in [0, 0.05) is 12.5 Å². The van der Waals surface area contributed by atoms with Crippen molar-refractivity contribution < 1.29 is 19.4 Å². The normalized spacial score (nSPS) is 47.4. The Balaban J connectivity index is 1.53. The summed E-state index contributed by atoms with van der Waals surface area (Å²) < 4.78 is 6.16. The molecule has 152 valence electrons. The second-order valence-electron chi connectivity index (χ2n) is 10.1. The molecule has 3 aliphatic carbocycles. The second kappa shape index (κ2) is 6.75. The Labute approximate surface area is 162 Å². The number of hydrogen-bond donors (Lipinski definition) is 2. The summed E-state index contributed by atoms with van der Waals surface area (Å²) in [6.07, 6.45) is 8.34. The monoisotopic (exact) mass is 377 g/mol. The molecule has 0 spiro atoms. The summed E-state index contributed by atoms with van der Waals surface area (Å²) in [5.41, 5.74) is 0.329. The van der Waals surface area contributed by atoms with Gasteiger partial charge in [0.15, 0.2) is 6.10 Å². The van der Waals surface area contributed by atoms with Crippen LogP contribution in [0.1, 0.15) is 78.6 Å². The molecule has 3 saturated carbocycles. The molecule has 1 amide bonds. The maximum Gasteiger partial charge on any atom is 0.332 e. The summed E-state index contributed by atoms with van der Waals surface area (Å²) in [4.78, 5) is 23.4. The van der Waals surface area contributed by atoms with Crippen LogP contribution in [-0.4, -0.2) is 35.2 Å². The predicted octanol–water partition coefficient (Wildman–Crippen LogP) is 3.76. The number of rotatable bonds is 4. The summed E-state index contributed by atoms with van der Waals surface area (Å²) in [5, 5.41) is 12.7. The lowest BCUT2D eigenvalue weighted by Gasteiger charge is -2.60. The first-order valence-electron chi connectivity index (χ1n) is 11.0. The van der Waals surface area contributed by atoms with Gasteiger partial charge in [0.25, 0.3) is 0 Å². The Morgan fingerprint density at radius 2 is 1.89 bits per heavy atom. The number of ether oxygens (including phenoxy) is 1. The van der Waals surface area contributed by atoms with Crippen LogP contribution in [0.15, 0.2) is 0 Å². The largest absolute Gasteiger partial charge is 0.479 e. The van der Waals surface area contributed by atoms with E-state index < -0.39 is 12.1 Å². The van der Waals surface area contributed by atoms with Crippen molar-refractivity contribution in [3.05, 3.63) is 0 Å². The van der Waals surface area contributed by atoms with E-state index in [9.17, 15) is 14.7 Å². The molecule has 5 heteroatoms. The molecule has 4 aliphatic rings. The van der Waals surface area contributed by atoms with Crippen LogP contribution < -0.4 is 5.32 Å². The zero-order valence-corrected chi connectivity index (χ0v) is 17.0. The number of carbonyl (C=O) groups is 2. The summed E-state index contributed by atoms with van der Waals surface area (Å²) in [6, 6.07) is 0.342. The quantitative estimate of drug-likeness (QED) is 0.782. The number of carbonyl (C=O) groups excluding carboxylic acids is 1. The van der Waals surface area contributed by atoms with Crippen LogP contribution >= 0.6 is 0 Å². The summed E-state index contributed by atoms with van der Waals surface area (Å²) in [5.74, 6) is 1.39. The third-order valence-electron chi connectivity index (χ3n) is 8.98. The molecule has 1 aliphatic heterocycles. The van der Waals surface area contributed by atoms with Gasteiger partial charge >= 0.3 is 5.97 Å². The van der Waals surface area contributed by atoms with Crippen molar-refractivity contribution in [2.45, 2.75) is 96.8 Å². The van der Waals surface area contributed by atoms with Crippen molar-refractivity contribution in [3.8, 4) is 0 Å². The topological polar surface area (TPSA) is 75.6 Å². The van der Waals surface area contributed by atoms with Gasteiger partial charge in [-0.2, -0.15) is 0 Å². The van der Waals surface area contributed by atoms with Crippen molar-refractivity contribution in [1.82, 2.24) is 5.32 Å². The summed E-state index contributed by atoms with van der Waals surface area (Å²) in [6.45, 7) is 6.66. The molecule has 2 N–H and O–H groups in total. The highest BCUT2D eigenvalue weighted by molar-refractivity contribution is 5.77. The highest BCUT2D eigenvalue weighted by atomic mass is 16.5. The maximum absolute atomic E-state index is 11.9. The molecule has 0 radical (unpaired) electrons. The van der Waals surface area contributed by atoms with E-state index in [1.165, 1.54) is 12.8 Å². The first-order valence-corrected chi connectivity index (χ1v) is 11.0. The fourth-order valence-corrected chi connectivity index (χ4v) is 7.40. The van der Waals surface area contributed by atoms with Gasteiger partial charge in [-0.05, 0) is 80.0 Å². The highest BCUT2D eigenvalue weighted by Gasteiger charge is 2.60. The number of carboxylic acids is 1. The molecule has 0 aromatic heterocycles. The van der Waals surface area contributed by atoms with Gasteiger partial charge in [0.05, 0.1) is 6.10 Å². The van der Waals surface area contributed by atoms with Crippen molar-refractivity contribution in [3.63, 3.8) is 0 Å². The molecule has 4 unspecified atom stereocenters. The fraction of sp³-hybridized carbons (Fsp3) is 0.909. The number of aliphatic carboxylic acids is 1. The number of piperidine rings is 1. The van der Waals surface area contributed by atoms with Gasteiger partial charge < -0.3 is 15.2 Å². The minimum absolute atomic E-state index is 0.0705. The van der Waals surface area contributed by atoms with E-state index in [4.69, 9.17) is 4.74 Å². The molecule has 0 aromatic rings. The highest BCUT2D eigenvalue weighted by Crippen LogP contribution is 2.64. The van der Waals surface area contributed by atoms with Crippen LogP contribution in [0.5, 0.6) is 0 Å². The zero-order valence-electron chi connectivity index (χ0n) is 17.0. The Bertz CT molecular complexity index is 621. The van der Waals surface area contributed by atoms with Crippen LogP contribution in [0.2, 0.25) is 0 Å². The zero-order chi connectivity index (χ0) is 19.4. The lowest BCUT2D eigenvalue weighted by Crippen LogP contribution is -2.61. The second-order valence-corrected chi connectivity index (χ2v) is 10.1. The van der Waals surface area contributed by atoms with E-state index in [2.05, 4.69) is 19.2 Å². The third-order valence-corrected chi connectivity index (χ3v) is 8.98. The van der Waals surface area contributed by atoms with E-state index in [1.807, 2.05) is 6.92 Å². The summed E-state index contributed by atoms with van der Waals surface area (Å²) in [7, 11) is 0. The molecule has 4 fully saturated rings. The predicted molar refractivity (Wildman–Crippen MR) is 102 cm³/mol. The third kappa shape index (κ3) is 2.92. The SMILES string of the molecule is CCC(O[C@H]1CCC2C3CC[C@H]4NC(=O)CC[C@]4(C)C3CC[C@@]21C)C(=O)O. The van der Waals surface area contributed by atoms with Crippen LogP contribution in [0.25, 0.3) is 0 Å². The lowest BCUT2D eigenvalue weighted by atomic mass is 9.47. The van der Waals surface area contributed by atoms with Crippen molar-refractivity contribution in [2.24, 2.45) is 28.6 Å². The van der Waals surface area contributed by atoms with Gasteiger partial charge in [-0.25, -0.2) is 4.79 Å². The van der Waals surface area contributed by atoms with Crippen molar-refractivity contribution in [2.75, 3.05) is 0 Å². The smallest absolute Gasteiger partial charge is 0.332 e. The van der Waals surface area contributed by atoms with Gasteiger partial charge in [-0.15, -0.1) is 0 Å². The van der Waals surface area contributed by atoms with Crippen molar-refractivity contribution in [1.29, 1.82) is 0 Å². The lowest BCUT2D eigenvalue weighted by molar-refractivity contribution is -0.167. The number of nitrogens with one attached hydrogen (secondary N) is 1. The van der Waals surface area contributed by atoms with Gasteiger partial charge in [0.2, 0.25) is 5.91 Å². The maximum atomic E-state index is 11.9. The molecule has 1 saturated heterocycles. The molecule has 1 heterocycles. The fourth-order valence-electron chi connectivity index (χ4n) is 7.40. The molecule has 8 atom stereocenters. The van der Waals surface area contributed by atoms with Crippen LogP contribution in [0, 0.1) is 28.6 Å². The Hall–Kier alpha value is -1.10.